The summed E-state index contributed by atoms with van der Waals surface area (Å²) < 4.78 is 0. The standard InChI is InChI=1S/C10H12N4O2S/c1-6-8(9(15)16)13-10(17-6)14(2)5-7-11-3-4-12-7/h3-4H,5H2,1-2H3,(H,11,12)(H,15,16). The first kappa shape index (κ1) is 11.6. The number of thiazole rings is 1. The van der Waals surface area contributed by atoms with Crippen molar-refractivity contribution in [3.8, 4) is 0 Å². The maximum absolute atomic E-state index is 10.9. The molecule has 0 aromatic carbocycles. The van der Waals surface area contributed by atoms with Crippen LogP contribution in [0.15, 0.2) is 12.4 Å². The normalized spacial score (nSPS) is 10.5. The van der Waals surface area contributed by atoms with Gasteiger partial charge in [-0.25, -0.2) is 14.8 Å². The minimum Gasteiger partial charge on any atom is -0.476 e. The Morgan fingerprint density at radius 1 is 1.65 bits per heavy atom. The number of nitrogens with one attached hydrogen (secondary N) is 1. The molecule has 2 heterocycles. The van der Waals surface area contributed by atoms with Gasteiger partial charge >= 0.3 is 5.97 Å². The van der Waals surface area contributed by atoms with Gasteiger partial charge in [-0.15, -0.1) is 11.3 Å². The molecular weight excluding hydrogens is 240 g/mol. The number of aromatic amines is 1. The lowest BCUT2D eigenvalue weighted by Gasteiger charge is -2.13. The lowest BCUT2D eigenvalue weighted by Crippen LogP contribution is -2.17. The molecule has 0 atom stereocenters. The Morgan fingerprint density at radius 3 is 2.94 bits per heavy atom. The quantitative estimate of drug-likeness (QED) is 0.861. The number of carboxylic acids is 1. The van der Waals surface area contributed by atoms with Crippen LogP contribution in [0.4, 0.5) is 5.13 Å². The van der Waals surface area contributed by atoms with Gasteiger partial charge in [0.05, 0.1) is 6.54 Å². The molecule has 0 radical (unpaired) electrons. The highest BCUT2D eigenvalue weighted by Crippen LogP contribution is 2.25. The molecule has 0 amide bonds. The molecule has 0 aliphatic rings. The predicted octanol–water partition coefficient (Wildman–Crippen LogP) is 1.51. The van der Waals surface area contributed by atoms with Crippen molar-refractivity contribution in [2.45, 2.75) is 13.5 Å². The molecule has 0 fully saturated rings. The van der Waals surface area contributed by atoms with Crippen LogP contribution in [0, 0.1) is 6.92 Å². The number of nitrogens with zero attached hydrogens (tertiary/aromatic N) is 3. The molecule has 0 aliphatic carbocycles. The van der Waals surface area contributed by atoms with Crippen molar-refractivity contribution < 1.29 is 9.90 Å². The summed E-state index contributed by atoms with van der Waals surface area (Å²) in [6.45, 7) is 2.32. The van der Waals surface area contributed by atoms with Gasteiger partial charge in [-0.1, -0.05) is 0 Å². The lowest BCUT2D eigenvalue weighted by molar-refractivity contribution is 0.0690. The van der Waals surface area contributed by atoms with Gasteiger partial charge in [0.15, 0.2) is 10.8 Å². The number of H-pyrrole nitrogens is 1. The first-order valence-electron chi connectivity index (χ1n) is 4.98. The second-order valence-electron chi connectivity index (χ2n) is 3.60. The van der Waals surface area contributed by atoms with Crippen LogP contribution in [0.3, 0.4) is 0 Å². The molecule has 2 aromatic heterocycles. The Hall–Kier alpha value is -1.89. The molecule has 0 saturated carbocycles. The fourth-order valence-electron chi connectivity index (χ4n) is 1.42. The molecule has 2 aromatic rings. The molecule has 90 valence electrons. The number of anilines is 1. The summed E-state index contributed by atoms with van der Waals surface area (Å²) in [4.78, 5) is 24.6. The van der Waals surface area contributed by atoms with Crippen LogP contribution in [-0.2, 0) is 6.54 Å². The molecule has 7 heteroatoms. The van der Waals surface area contributed by atoms with E-state index in [9.17, 15) is 4.79 Å². The number of carboxylic acid groups (broad SMARTS) is 1. The van der Waals surface area contributed by atoms with Crippen molar-refractivity contribution in [2.75, 3.05) is 11.9 Å². The first-order valence-corrected chi connectivity index (χ1v) is 5.79. The number of hydrogen-bond acceptors (Lipinski definition) is 5. The van der Waals surface area contributed by atoms with Gasteiger partial charge in [0.2, 0.25) is 0 Å². The van der Waals surface area contributed by atoms with Crippen molar-refractivity contribution in [3.63, 3.8) is 0 Å². The number of aromatic carboxylic acids is 1. The summed E-state index contributed by atoms with van der Waals surface area (Å²) in [5.41, 5.74) is 0.122. The van der Waals surface area contributed by atoms with Crippen molar-refractivity contribution in [1.29, 1.82) is 0 Å². The lowest BCUT2D eigenvalue weighted by atomic mass is 10.4. The zero-order chi connectivity index (χ0) is 12.4. The maximum Gasteiger partial charge on any atom is 0.355 e. The van der Waals surface area contributed by atoms with E-state index in [0.29, 0.717) is 16.6 Å². The highest BCUT2D eigenvalue weighted by atomic mass is 32.1. The van der Waals surface area contributed by atoms with Crippen LogP contribution in [0.1, 0.15) is 21.2 Å². The number of carbonyl (C=O) groups is 1. The Morgan fingerprint density at radius 2 is 2.41 bits per heavy atom. The third kappa shape index (κ3) is 2.44. The van der Waals surface area contributed by atoms with E-state index in [2.05, 4.69) is 15.0 Å². The number of rotatable bonds is 4. The van der Waals surface area contributed by atoms with E-state index in [1.165, 1.54) is 11.3 Å². The van der Waals surface area contributed by atoms with Gasteiger partial charge in [0.1, 0.15) is 5.82 Å². The molecular formula is C10H12N4O2S. The van der Waals surface area contributed by atoms with Gasteiger partial charge in [0, 0.05) is 24.3 Å². The van der Waals surface area contributed by atoms with Gasteiger partial charge in [-0.3, -0.25) is 0 Å². The fraction of sp³-hybridized carbons (Fsp3) is 0.300. The van der Waals surface area contributed by atoms with Gasteiger partial charge in [-0.05, 0) is 6.92 Å². The SMILES string of the molecule is Cc1sc(N(C)Cc2ncc[nH]2)nc1C(=O)O. The van der Waals surface area contributed by atoms with Crippen molar-refractivity contribution >= 4 is 22.4 Å². The molecule has 17 heavy (non-hydrogen) atoms. The van der Waals surface area contributed by atoms with Gasteiger partial charge < -0.3 is 15.0 Å². The molecule has 0 saturated heterocycles. The van der Waals surface area contributed by atoms with Gasteiger partial charge in [0.25, 0.3) is 0 Å². The number of aryl methyl sites for hydroxylation is 1. The Kier molecular flexibility index (Phi) is 3.10. The van der Waals surface area contributed by atoms with E-state index < -0.39 is 5.97 Å². The van der Waals surface area contributed by atoms with E-state index >= 15 is 0 Å². The van der Waals surface area contributed by atoms with Crippen molar-refractivity contribution in [3.05, 3.63) is 28.8 Å². The zero-order valence-corrected chi connectivity index (χ0v) is 10.3. The number of imidazole rings is 1. The average molecular weight is 252 g/mol. The van der Waals surface area contributed by atoms with Crippen LogP contribution < -0.4 is 4.90 Å². The third-order valence-electron chi connectivity index (χ3n) is 2.26. The molecule has 2 N–H and O–H groups in total. The highest BCUT2D eigenvalue weighted by Gasteiger charge is 2.16. The minimum absolute atomic E-state index is 0.122. The van der Waals surface area contributed by atoms with Crippen LogP contribution in [0.5, 0.6) is 0 Å². The molecule has 2 rings (SSSR count). The van der Waals surface area contributed by atoms with Crippen LogP contribution in [0.2, 0.25) is 0 Å². The van der Waals surface area contributed by atoms with E-state index in [1.807, 2.05) is 11.9 Å². The minimum atomic E-state index is -0.989. The summed E-state index contributed by atoms with van der Waals surface area (Å²) in [6, 6.07) is 0. The Balaban J connectivity index is 2.17. The molecule has 0 unspecified atom stereocenters. The second-order valence-corrected chi connectivity index (χ2v) is 4.78. The third-order valence-corrected chi connectivity index (χ3v) is 3.34. The molecule has 0 aliphatic heterocycles. The van der Waals surface area contributed by atoms with Crippen LogP contribution in [-0.4, -0.2) is 33.1 Å². The Labute approximate surface area is 102 Å². The number of hydrogen-bond donors (Lipinski definition) is 2. The summed E-state index contributed by atoms with van der Waals surface area (Å²) >= 11 is 1.36. The highest BCUT2D eigenvalue weighted by molar-refractivity contribution is 7.15. The molecule has 0 bridgehead atoms. The summed E-state index contributed by atoms with van der Waals surface area (Å²) in [7, 11) is 1.85. The molecule has 6 nitrogen and oxygen atoms in total. The zero-order valence-electron chi connectivity index (χ0n) is 9.47. The average Bonchev–Trinajstić information content (AvgIpc) is 2.86. The van der Waals surface area contributed by atoms with E-state index in [0.717, 1.165) is 5.82 Å². The van der Waals surface area contributed by atoms with E-state index in [1.54, 1.807) is 19.3 Å². The summed E-state index contributed by atoms with van der Waals surface area (Å²) in [6.07, 6.45) is 3.43. The molecule has 0 spiro atoms. The summed E-state index contributed by atoms with van der Waals surface area (Å²) in [5, 5.41) is 9.60. The van der Waals surface area contributed by atoms with E-state index in [4.69, 9.17) is 5.11 Å². The Bertz CT molecular complexity index is 520. The first-order chi connectivity index (χ1) is 8.08. The van der Waals surface area contributed by atoms with Gasteiger partial charge in [-0.2, -0.15) is 0 Å². The van der Waals surface area contributed by atoms with Crippen LogP contribution in [0.25, 0.3) is 0 Å². The summed E-state index contributed by atoms with van der Waals surface area (Å²) in [5.74, 6) is -0.173. The van der Waals surface area contributed by atoms with Crippen molar-refractivity contribution in [2.24, 2.45) is 0 Å². The number of aromatic nitrogens is 3. The second kappa shape index (κ2) is 4.54. The fourth-order valence-corrected chi connectivity index (χ4v) is 2.28. The van der Waals surface area contributed by atoms with E-state index in [-0.39, 0.29) is 5.69 Å². The monoisotopic (exact) mass is 252 g/mol. The predicted molar refractivity (Wildman–Crippen MR) is 64.5 cm³/mol. The topological polar surface area (TPSA) is 82.1 Å². The largest absolute Gasteiger partial charge is 0.476 e. The smallest absolute Gasteiger partial charge is 0.355 e. The van der Waals surface area contributed by atoms with Crippen molar-refractivity contribution in [1.82, 2.24) is 15.0 Å². The van der Waals surface area contributed by atoms with Crippen LogP contribution >= 0.6 is 11.3 Å². The maximum atomic E-state index is 10.9.